The summed E-state index contributed by atoms with van der Waals surface area (Å²) in [6.45, 7) is 3.50. The molecule has 21 heavy (non-hydrogen) atoms. The minimum absolute atomic E-state index is 0.0921. The first-order chi connectivity index (χ1) is 10.1. The highest BCUT2D eigenvalue weighted by Gasteiger charge is 2.32. The summed E-state index contributed by atoms with van der Waals surface area (Å²) in [5, 5.41) is 3.12. The first-order valence-corrected chi connectivity index (χ1v) is 7.33. The lowest BCUT2D eigenvalue weighted by Gasteiger charge is -2.33. The molecule has 1 aliphatic heterocycles. The number of benzene rings is 1. The summed E-state index contributed by atoms with van der Waals surface area (Å²) in [7, 11) is 0. The van der Waals surface area contributed by atoms with Gasteiger partial charge in [-0.1, -0.05) is 0 Å². The molecule has 0 unspecified atom stereocenters. The van der Waals surface area contributed by atoms with Crippen LogP contribution in [-0.2, 0) is 11.3 Å². The molecule has 0 aromatic heterocycles. The number of morpholine rings is 1. The van der Waals surface area contributed by atoms with Crippen molar-refractivity contribution in [3.8, 4) is 0 Å². The summed E-state index contributed by atoms with van der Waals surface area (Å²) >= 11 is 0. The molecule has 1 aromatic rings. The van der Waals surface area contributed by atoms with Gasteiger partial charge in [0.1, 0.15) is 0 Å². The Morgan fingerprint density at radius 2 is 1.90 bits per heavy atom. The van der Waals surface area contributed by atoms with E-state index in [0.717, 1.165) is 37.9 Å². The van der Waals surface area contributed by atoms with Crippen LogP contribution in [0.25, 0.3) is 0 Å². The minimum Gasteiger partial charge on any atom is -0.374 e. The topological polar surface area (TPSA) is 24.5 Å². The fraction of sp³-hybridized carbons (Fsp3) is 0.600. The lowest BCUT2D eigenvalue weighted by atomic mass is 10.2. The van der Waals surface area contributed by atoms with Crippen LogP contribution in [0.2, 0.25) is 0 Å². The van der Waals surface area contributed by atoms with Gasteiger partial charge >= 0.3 is 0 Å². The Morgan fingerprint density at radius 3 is 2.57 bits per heavy atom. The maximum absolute atomic E-state index is 13.1. The lowest BCUT2D eigenvalue weighted by Crippen LogP contribution is -2.47. The predicted octanol–water partition coefficient (Wildman–Crippen LogP) is 2.06. The Hall–Kier alpha value is -1.11. The van der Waals surface area contributed by atoms with E-state index in [-0.39, 0.29) is 12.6 Å². The summed E-state index contributed by atoms with van der Waals surface area (Å²) in [6, 6.07) is 2.75. The fourth-order valence-electron chi connectivity index (χ4n) is 2.72. The molecule has 116 valence electrons. The smallest absolute Gasteiger partial charge is 0.194 e. The van der Waals surface area contributed by atoms with E-state index in [9.17, 15) is 13.2 Å². The van der Waals surface area contributed by atoms with Gasteiger partial charge in [0, 0.05) is 32.2 Å². The Kier molecular flexibility index (Phi) is 4.47. The van der Waals surface area contributed by atoms with Crippen molar-refractivity contribution in [1.82, 2.24) is 10.2 Å². The molecular formula is C15H19F3N2O. The number of nitrogens with one attached hydrogen (secondary N) is 1. The van der Waals surface area contributed by atoms with Crippen LogP contribution in [0.3, 0.4) is 0 Å². The molecular weight excluding hydrogens is 281 g/mol. The summed E-state index contributed by atoms with van der Waals surface area (Å²) in [5.41, 5.74) is 0.390. The Balaban J connectivity index is 1.47. The van der Waals surface area contributed by atoms with Crippen LogP contribution in [0.1, 0.15) is 18.4 Å². The molecule has 0 spiro atoms. The van der Waals surface area contributed by atoms with Gasteiger partial charge in [0.2, 0.25) is 0 Å². The second-order valence-electron chi connectivity index (χ2n) is 5.72. The van der Waals surface area contributed by atoms with Crippen molar-refractivity contribution in [3.63, 3.8) is 0 Å². The third-order valence-corrected chi connectivity index (χ3v) is 3.98. The van der Waals surface area contributed by atoms with Gasteiger partial charge in [-0.25, -0.2) is 13.2 Å². The largest absolute Gasteiger partial charge is 0.374 e. The van der Waals surface area contributed by atoms with E-state index in [1.54, 1.807) is 0 Å². The molecule has 0 radical (unpaired) electrons. The molecule has 3 rings (SSSR count). The highest BCUT2D eigenvalue weighted by atomic mass is 19.2. The van der Waals surface area contributed by atoms with Crippen LogP contribution < -0.4 is 5.32 Å². The van der Waals surface area contributed by atoms with Crippen LogP contribution in [0.4, 0.5) is 13.2 Å². The zero-order chi connectivity index (χ0) is 14.8. The molecule has 1 saturated carbocycles. The van der Waals surface area contributed by atoms with Crippen LogP contribution in [0.15, 0.2) is 12.1 Å². The van der Waals surface area contributed by atoms with Gasteiger partial charge in [-0.3, -0.25) is 4.90 Å². The Morgan fingerprint density at radius 1 is 1.19 bits per heavy atom. The van der Waals surface area contributed by atoms with Gasteiger partial charge in [0.05, 0.1) is 12.7 Å². The number of hydrogen-bond donors (Lipinski definition) is 1. The van der Waals surface area contributed by atoms with E-state index in [1.807, 2.05) is 0 Å². The monoisotopic (exact) mass is 300 g/mol. The van der Waals surface area contributed by atoms with E-state index in [4.69, 9.17) is 4.74 Å². The standard InChI is InChI=1S/C15H19F3N2O/c16-13-5-10(6-14(17)15(13)18)7-19-8-12-9-20(3-4-21-12)11-1-2-11/h5-6,11-12,19H,1-4,7-9H2/t12-/m0/s1. The number of hydrogen-bond acceptors (Lipinski definition) is 3. The van der Waals surface area contributed by atoms with Gasteiger partial charge in [-0.05, 0) is 30.5 Å². The van der Waals surface area contributed by atoms with Crippen molar-refractivity contribution in [1.29, 1.82) is 0 Å². The SMILES string of the molecule is Fc1cc(CNC[C@H]2CN(C3CC3)CCO2)cc(F)c1F. The van der Waals surface area contributed by atoms with Crippen LogP contribution in [0, 0.1) is 17.5 Å². The average Bonchev–Trinajstić information content (AvgIpc) is 3.30. The van der Waals surface area contributed by atoms with Gasteiger partial charge < -0.3 is 10.1 Å². The van der Waals surface area contributed by atoms with E-state index in [2.05, 4.69) is 10.2 Å². The van der Waals surface area contributed by atoms with Gasteiger partial charge in [0.25, 0.3) is 0 Å². The first-order valence-electron chi connectivity index (χ1n) is 7.33. The van der Waals surface area contributed by atoms with Crippen LogP contribution in [-0.4, -0.2) is 43.3 Å². The summed E-state index contributed by atoms with van der Waals surface area (Å²) < 4.78 is 44.7. The summed E-state index contributed by atoms with van der Waals surface area (Å²) in [6.07, 6.45) is 2.64. The molecule has 1 aliphatic carbocycles. The van der Waals surface area contributed by atoms with Crippen molar-refractivity contribution < 1.29 is 17.9 Å². The molecule has 3 nitrogen and oxygen atoms in total. The van der Waals surface area contributed by atoms with E-state index in [0.29, 0.717) is 12.1 Å². The van der Waals surface area contributed by atoms with E-state index in [1.165, 1.54) is 12.8 Å². The molecule has 1 heterocycles. The molecule has 0 amide bonds. The van der Waals surface area contributed by atoms with Crippen molar-refractivity contribution in [2.45, 2.75) is 31.5 Å². The molecule has 0 bridgehead atoms. The molecule has 1 atom stereocenters. The quantitative estimate of drug-likeness (QED) is 0.843. The molecule has 1 N–H and O–H groups in total. The second kappa shape index (κ2) is 6.34. The van der Waals surface area contributed by atoms with Crippen LogP contribution >= 0.6 is 0 Å². The molecule has 1 aromatic carbocycles. The summed E-state index contributed by atoms with van der Waals surface area (Å²) in [5.74, 6) is -3.73. The zero-order valence-electron chi connectivity index (χ0n) is 11.7. The van der Waals surface area contributed by atoms with Crippen molar-refractivity contribution >= 4 is 0 Å². The fourth-order valence-corrected chi connectivity index (χ4v) is 2.72. The molecule has 2 fully saturated rings. The Labute approximate surface area is 122 Å². The van der Waals surface area contributed by atoms with Gasteiger partial charge in [0.15, 0.2) is 17.5 Å². The highest BCUT2D eigenvalue weighted by Crippen LogP contribution is 2.28. The second-order valence-corrected chi connectivity index (χ2v) is 5.72. The van der Waals surface area contributed by atoms with Crippen molar-refractivity contribution in [3.05, 3.63) is 35.1 Å². The van der Waals surface area contributed by atoms with Crippen molar-refractivity contribution in [2.75, 3.05) is 26.2 Å². The molecule has 1 saturated heterocycles. The first kappa shape index (κ1) is 14.8. The van der Waals surface area contributed by atoms with Crippen molar-refractivity contribution in [2.24, 2.45) is 0 Å². The molecule has 6 heteroatoms. The number of rotatable bonds is 5. The number of halogens is 3. The van der Waals surface area contributed by atoms with E-state index < -0.39 is 17.5 Å². The predicted molar refractivity (Wildman–Crippen MR) is 72.4 cm³/mol. The third kappa shape index (κ3) is 3.75. The van der Waals surface area contributed by atoms with Gasteiger partial charge in [-0.2, -0.15) is 0 Å². The van der Waals surface area contributed by atoms with Crippen LogP contribution in [0.5, 0.6) is 0 Å². The highest BCUT2D eigenvalue weighted by molar-refractivity contribution is 5.19. The number of ether oxygens (including phenoxy) is 1. The zero-order valence-corrected chi connectivity index (χ0v) is 11.7. The van der Waals surface area contributed by atoms with E-state index >= 15 is 0 Å². The Bertz CT molecular complexity index is 485. The normalized spacial score (nSPS) is 23.5. The lowest BCUT2D eigenvalue weighted by molar-refractivity contribution is -0.0301. The average molecular weight is 300 g/mol. The molecule has 2 aliphatic rings. The number of nitrogens with zero attached hydrogens (tertiary/aromatic N) is 1. The summed E-state index contributed by atoms with van der Waals surface area (Å²) in [4.78, 5) is 2.44. The minimum atomic E-state index is -1.42. The maximum atomic E-state index is 13.1. The maximum Gasteiger partial charge on any atom is 0.194 e. The third-order valence-electron chi connectivity index (χ3n) is 3.98. The van der Waals surface area contributed by atoms with Gasteiger partial charge in [-0.15, -0.1) is 0 Å².